The number of nitrogens with zero attached hydrogens (tertiary/aromatic N) is 3. The Hall–Kier alpha value is -1.83. The molecule has 1 atom stereocenters. The average Bonchev–Trinajstić information content (AvgIpc) is 2.73. The van der Waals surface area contributed by atoms with Gasteiger partial charge in [-0.15, -0.1) is 0 Å². The Bertz CT molecular complexity index is 667. The van der Waals surface area contributed by atoms with Crippen molar-refractivity contribution in [3.8, 4) is 6.07 Å². The lowest BCUT2D eigenvalue weighted by Crippen LogP contribution is -2.21. The molecule has 126 valence electrons. The van der Waals surface area contributed by atoms with Crippen molar-refractivity contribution in [2.24, 2.45) is 0 Å². The number of alkyl halides is 6. The molecule has 1 aromatic rings. The van der Waals surface area contributed by atoms with E-state index in [-0.39, 0.29) is 25.1 Å². The van der Waals surface area contributed by atoms with E-state index in [1.54, 1.807) is 0 Å². The van der Waals surface area contributed by atoms with Gasteiger partial charge in [0.1, 0.15) is 11.9 Å². The van der Waals surface area contributed by atoms with E-state index in [2.05, 4.69) is 5.10 Å². The number of hydrogen-bond acceptors (Lipinski definition) is 4. The van der Waals surface area contributed by atoms with E-state index in [1.165, 1.54) is 6.07 Å². The van der Waals surface area contributed by atoms with Gasteiger partial charge in [-0.25, -0.2) is 4.68 Å². The van der Waals surface area contributed by atoms with Crippen LogP contribution in [0, 0.1) is 11.3 Å². The molecule has 2 N–H and O–H groups in total. The molecule has 0 saturated carbocycles. The van der Waals surface area contributed by atoms with Gasteiger partial charge in [-0.05, 0) is 31.0 Å². The minimum absolute atomic E-state index is 0.0260. The number of aromatic nitrogens is 2. The van der Waals surface area contributed by atoms with E-state index in [0.29, 0.717) is 0 Å². The summed E-state index contributed by atoms with van der Waals surface area (Å²) in [5, 5.41) is 12.6. The Labute approximate surface area is 130 Å². The summed E-state index contributed by atoms with van der Waals surface area (Å²) in [6.45, 7) is 0. The summed E-state index contributed by atoms with van der Waals surface area (Å²) in [6.07, 6.45) is -3.76. The van der Waals surface area contributed by atoms with Gasteiger partial charge < -0.3 is 5.73 Å². The lowest BCUT2D eigenvalue weighted by molar-refractivity contribution is -0.0955. The number of nitrogens with two attached hydrogens (primary N) is 1. The fourth-order valence-corrected chi connectivity index (χ4v) is 2.91. The van der Waals surface area contributed by atoms with Gasteiger partial charge in [-0.3, -0.25) is 0 Å². The van der Waals surface area contributed by atoms with Crippen molar-refractivity contribution in [3.05, 3.63) is 17.3 Å². The minimum atomic E-state index is -4.65. The maximum Gasteiger partial charge on any atom is 0.446 e. The number of halogens is 6. The highest BCUT2D eigenvalue weighted by Crippen LogP contribution is 2.43. The van der Waals surface area contributed by atoms with Crippen molar-refractivity contribution in [3.63, 3.8) is 0 Å². The first-order chi connectivity index (χ1) is 10.5. The predicted molar refractivity (Wildman–Crippen MR) is 70.3 cm³/mol. The van der Waals surface area contributed by atoms with Gasteiger partial charge in [0.2, 0.25) is 0 Å². The van der Waals surface area contributed by atoms with Crippen LogP contribution in [-0.2, 0) is 0 Å². The summed E-state index contributed by atoms with van der Waals surface area (Å²) in [5.74, 6) is -0.363. The van der Waals surface area contributed by atoms with E-state index >= 15 is 0 Å². The van der Waals surface area contributed by atoms with Crippen LogP contribution in [0.5, 0.6) is 0 Å². The first-order valence-electron chi connectivity index (χ1n) is 6.33. The number of rotatable bonds is 2. The Kier molecular flexibility index (Phi) is 4.57. The predicted octanol–water partition coefficient (Wildman–Crippen LogP) is 4.16. The standard InChI is InChI=1S/C12H10F6N4S/c13-11(14,15)6-1-3-7(4-2-6)22-10(20)9(8(5-19)21-22)23-12(16,17)18/h1,7H,2-4,20H2. The quantitative estimate of drug-likeness (QED) is 0.491. The van der Waals surface area contributed by atoms with E-state index in [0.717, 1.165) is 10.8 Å². The second-order valence-electron chi connectivity index (χ2n) is 4.82. The zero-order valence-electron chi connectivity index (χ0n) is 11.4. The summed E-state index contributed by atoms with van der Waals surface area (Å²) in [7, 11) is 0. The number of thioether (sulfide) groups is 1. The first-order valence-corrected chi connectivity index (χ1v) is 7.14. The van der Waals surface area contributed by atoms with Gasteiger partial charge in [0.15, 0.2) is 5.69 Å². The number of nitrogen functional groups attached to an aromatic ring is 1. The molecular formula is C12H10F6N4S. The van der Waals surface area contributed by atoms with E-state index < -0.39 is 45.7 Å². The smallest absolute Gasteiger partial charge is 0.383 e. The largest absolute Gasteiger partial charge is 0.446 e. The normalized spacial score (nSPS) is 19.3. The third-order valence-corrected chi connectivity index (χ3v) is 4.16. The van der Waals surface area contributed by atoms with Crippen LogP contribution in [0.15, 0.2) is 16.5 Å². The third kappa shape index (κ3) is 3.93. The van der Waals surface area contributed by atoms with Crippen molar-refractivity contribution in [1.82, 2.24) is 9.78 Å². The Morgan fingerprint density at radius 1 is 1.30 bits per heavy atom. The molecule has 0 fully saturated rings. The number of anilines is 1. The summed E-state index contributed by atoms with van der Waals surface area (Å²) < 4.78 is 76.2. The molecule has 11 heteroatoms. The molecule has 1 aromatic heterocycles. The maximum absolute atomic E-state index is 12.6. The first kappa shape index (κ1) is 17.5. The van der Waals surface area contributed by atoms with Crippen LogP contribution in [0.3, 0.4) is 0 Å². The molecule has 1 aliphatic carbocycles. The monoisotopic (exact) mass is 356 g/mol. The molecule has 1 heterocycles. The SMILES string of the molecule is N#Cc1nn(C2CC=C(C(F)(F)F)CC2)c(N)c1SC(F)(F)F. The molecule has 0 radical (unpaired) electrons. The summed E-state index contributed by atoms with van der Waals surface area (Å²) >= 11 is -0.558. The van der Waals surface area contributed by atoms with Crippen LogP contribution >= 0.6 is 11.8 Å². The lowest BCUT2D eigenvalue weighted by atomic mass is 9.95. The van der Waals surface area contributed by atoms with E-state index in [1.807, 2.05) is 0 Å². The fraction of sp³-hybridized carbons (Fsp3) is 0.500. The Balaban J connectivity index is 2.29. The summed E-state index contributed by atoms with van der Waals surface area (Å²) in [5.41, 5.74) is -0.192. The van der Waals surface area contributed by atoms with Crippen molar-refractivity contribution >= 4 is 17.6 Å². The zero-order chi connectivity index (χ0) is 17.4. The minimum Gasteiger partial charge on any atom is -0.383 e. The van der Waals surface area contributed by atoms with Crippen molar-refractivity contribution in [1.29, 1.82) is 5.26 Å². The number of nitriles is 1. The molecule has 1 aliphatic rings. The van der Waals surface area contributed by atoms with Gasteiger partial charge in [0, 0.05) is 5.57 Å². The van der Waals surface area contributed by atoms with Crippen LogP contribution in [-0.4, -0.2) is 21.5 Å². The Morgan fingerprint density at radius 2 is 1.96 bits per heavy atom. The highest BCUT2D eigenvalue weighted by atomic mass is 32.2. The Morgan fingerprint density at radius 3 is 2.39 bits per heavy atom. The molecule has 1 unspecified atom stereocenters. The van der Waals surface area contributed by atoms with Crippen molar-refractivity contribution in [2.75, 3.05) is 5.73 Å². The van der Waals surface area contributed by atoms with Crippen LogP contribution in [0.1, 0.15) is 31.0 Å². The molecule has 2 rings (SSSR count). The zero-order valence-corrected chi connectivity index (χ0v) is 12.2. The van der Waals surface area contributed by atoms with Crippen molar-refractivity contribution < 1.29 is 26.3 Å². The maximum atomic E-state index is 12.6. The molecule has 0 spiro atoms. The highest BCUT2D eigenvalue weighted by molar-refractivity contribution is 8.00. The van der Waals surface area contributed by atoms with Crippen LogP contribution in [0.4, 0.5) is 32.2 Å². The summed E-state index contributed by atoms with van der Waals surface area (Å²) in [4.78, 5) is -0.523. The molecule has 0 saturated heterocycles. The number of hydrogen-bond donors (Lipinski definition) is 1. The summed E-state index contributed by atoms with van der Waals surface area (Å²) in [6, 6.07) is 0.908. The number of allylic oxidation sites excluding steroid dienone is 2. The lowest BCUT2D eigenvalue weighted by Gasteiger charge is -2.24. The molecule has 0 bridgehead atoms. The van der Waals surface area contributed by atoms with Gasteiger partial charge in [0.25, 0.3) is 0 Å². The molecule has 23 heavy (non-hydrogen) atoms. The molecule has 0 amide bonds. The van der Waals surface area contributed by atoms with E-state index in [9.17, 15) is 26.3 Å². The average molecular weight is 356 g/mol. The van der Waals surface area contributed by atoms with Crippen LogP contribution < -0.4 is 5.73 Å². The topological polar surface area (TPSA) is 67.6 Å². The van der Waals surface area contributed by atoms with Gasteiger partial charge in [-0.1, -0.05) is 6.08 Å². The van der Waals surface area contributed by atoms with Gasteiger partial charge in [-0.2, -0.15) is 36.7 Å². The third-order valence-electron chi connectivity index (χ3n) is 3.32. The fourth-order valence-electron chi connectivity index (χ4n) is 2.30. The van der Waals surface area contributed by atoms with E-state index in [4.69, 9.17) is 11.0 Å². The van der Waals surface area contributed by atoms with Crippen LogP contribution in [0.2, 0.25) is 0 Å². The second-order valence-corrected chi connectivity index (χ2v) is 5.90. The van der Waals surface area contributed by atoms with Crippen LogP contribution in [0.25, 0.3) is 0 Å². The highest BCUT2D eigenvalue weighted by Gasteiger charge is 2.37. The molecule has 4 nitrogen and oxygen atoms in total. The van der Waals surface area contributed by atoms with Crippen molar-refractivity contribution in [2.45, 2.75) is 41.9 Å². The molecule has 0 aromatic carbocycles. The second kappa shape index (κ2) is 5.99. The molecular weight excluding hydrogens is 346 g/mol. The van der Waals surface area contributed by atoms with Gasteiger partial charge >= 0.3 is 11.7 Å². The van der Waals surface area contributed by atoms with Gasteiger partial charge in [0.05, 0.1) is 10.9 Å². The molecule has 0 aliphatic heterocycles.